The maximum Gasteiger partial charge on any atom is 0.315 e. The molecule has 3 nitrogen and oxygen atoms in total. The maximum absolute atomic E-state index is 11.4. The number of amides is 2. The van der Waals surface area contributed by atoms with E-state index in [0.717, 1.165) is 5.75 Å². The number of carbonyl (C=O) groups excluding carboxylic acids is 1. The Morgan fingerprint density at radius 2 is 1.88 bits per heavy atom. The Hall–Kier alpha value is -0.380. The van der Waals surface area contributed by atoms with Crippen LogP contribution in [0.5, 0.6) is 0 Å². The molecule has 0 aliphatic carbocycles. The first kappa shape index (κ1) is 13.1. The second-order valence-electron chi connectivity index (χ2n) is 7.23. The van der Waals surface area contributed by atoms with Crippen LogP contribution in [0.2, 0.25) is 0 Å². The third kappa shape index (κ3) is 2.72. The van der Waals surface area contributed by atoms with E-state index in [0.29, 0.717) is 22.7 Å². The van der Waals surface area contributed by atoms with Crippen molar-refractivity contribution in [3.05, 3.63) is 0 Å². The predicted octanol–water partition coefficient (Wildman–Crippen LogP) is 2.61. The zero-order valence-electron chi connectivity index (χ0n) is 11.5. The molecule has 0 bridgehead atoms. The van der Waals surface area contributed by atoms with Gasteiger partial charge in [-0.1, -0.05) is 34.6 Å². The van der Waals surface area contributed by atoms with Gasteiger partial charge in [0.1, 0.15) is 0 Å². The molecular weight excluding hydrogens is 232 g/mol. The summed E-state index contributed by atoms with van der Waals surface area (Å²) < 4.78 is 0. The monoisotopic (exact) mass is 256 g/mol. The zero-order valence-corrected chi connectivity index (χ0v) is 12.3. The Morgan fingerprint density at radius 1 is 1.24 bits per heavy atom. The summed E-state index contributed by atoms with van der Waals surface area (Å²) in [7, 11) is 0. The van der Waals surface area contributed by atoms with E-state index in [9.17, 15) is 4.79 Å². The minimum absolute atomic E-state index is 0.0110. The van der Waals surface area contributed by atoms with Gasteiger partial charge in [-0.05, 0) is 17.3 Å². The van der Waals surface area contributed by atoms with Crippen LogP contribution in [0, 0.1) is 10.8 Å². The van der Waals surface area contributed by atoms with Crippen molar-refractivity contribution in [3.8, 4) is 0 Å². The second-order valence-corrected chi connectivity index (χ2v) is 8.40. The summed E-state index contributed by atoms with van der Waals surface area (Å²) >= 11 is 2.01. The topological polar surface area (TPSA) is 41.1 Å². The fourth-order valence-corrected chi connectivity index (χ4v) is 5.18. The third-order valence-corrected chi connectivity index (χ3v) is 5.43. The van der Waals surface area contributed by atoms with Crippen LogP contribution in [0.15, 0.2) is 0 Å². The van der Waals surface area contributed by atoms with Gasteiger partial charge in [-0.2, -0.15) is 11.8 Å². The van der Waals surface area contributed by atoms with E-state index >= 15 is 0 Å². The van der Waals surface area contributed by atoms with E-state index in [1.807, 2.05) is 11.8 Å². The average Bonchev–Trinajstić information content (AvgIpc) is 2.56. The fraction of sp³-hybridized carbons (Fsp3) is 0.923. The van der Waals surface area contributed by atoms with E-state index in [-0.39, 0.29) is 11.4 Å². The Bertz CT molecular complexity index is 322. The van der Waals surface area contributed by atoms with Crippen LogP contribution in [-0.4, -0.2) is 29.1 Å². The van der Waals surface area contributed by atoms with Crippen LogP contribution < -0.4 is 10.6 Å². The minimum atomic E-state index is 0.0110. The molecule has 3 atom stereocenters. The summed E-state index contributed by atoms with van der Waals surface area (Å²) in [6.07, 6.45) is 1.18. The fourth-order valence-electron chi connectivity index (χ4n) is 3.47. The van der Waals surface area contributed by atoms with Crippen molar-refractivity contribution >= 4 is 17.8 Å². The van der Waals surface area contributed by atoms with Crippen molar-refractivity contribution in [1.82, 2.24) is 10.6 Å². The smallest absolute Gasteiger partial charge is 0.315 e. The molecule has 2 aliphatic heterocycles. The Morgan fingerprint density at radius 3 is 2.47 bits per heavy atom. The lowest BCUT2D eigenvalue weighted by molar-refractivity contribution is 0.192. The largest absolute Gasteiger partial charge is 0.332 e. The van der Waals surface area contributed by atoms with Gasteiger partial charge in [0.05, 0.1) is 12.1 Å². The summed E-state index contributed by atoms with van der Waals surface area (Å²) in [6, 6.07) is 0.651. The highest BCUT2D eigenvalue weighted by Gasteiger charge is 2.49. The average molecular weight is 256 g/mol. The van der Waals surface area contributed by atoms with Crippen molar-refractivity contribution in [2.45, 2.75) is 58.4 Å². The molecule has 2 fully saturated rings. The lowest BCUT2D eigenvalue weighted by Gasteiger charge is -2.39. The number of thioether (sulfide) groups is 1. The maximum atomic E-state index is 11.4. The van der Waals surface area contributed by atoms with Gasteiger partial charge >= 0.3 is 6.03 Å². The molecule has 0 spiro atoms. The summed E-state index contributed by atoms with van der Waals surface area (Å²) in [5.41, 5.74) is 0.583. The lowest BCUT2D eigenvalue weighted by Crippen LogP contribution is -2.45. The molecule has 0 aromatic rings. The standard InChI is InChI=1S/C13H24N2OS/c1-12(2,3)7-13(4,5)10-9-8(6-17-10)14-11(16)15-9/h8-10H,6-7H2,1-5H3,(H2,14,15,16). The molecule has 17 heavy (non-hydrogen) atoms. The van der Waals surface area contributed by atoms with Crippen molar-refractivity contribution in [3.63, 3.8) is 0 Å². The molecule has 2 rings (SSSR count). The first-order chi connectivity index (χ1) is 7.69. The van der Waals surface area contributed by atoms with E-state index in [1.165, 1.54) is 6.42 Å². The molecular formula is C13H24N2OS. The SMILES string of the molecule is CC(C)(C)CC(C)(C)C1SCC2NC(=O)NC21. The summed E-state index contributed by atoms with van der Waals surface area (Å²) in [4.78, 5) is 11.4. The predicted molar refractivity (Wildman–Crippen MR) is 73.3 cm³/mol. The van der Waals surface area contributed by atoms with Crippen molar-refractivity contribution in [2.24, 2.45) is 10.8 Å². The van der Waals surface area contributed by atoms with E-state index in [4.69, 9.17) is 0 Å². The van der Waals surface area contributed by atoms with Gasteiger partial charge in [-0.25, -0.2) is 4.79 Å². The Kier molecular flexibility index (Phi) is 3.13. The van der Waals surface area contributed by atoms with Crippen molar-refractivity contribution in [2.75, 3.05) is 5.75 Å². The van der Waals surface area contributed by atoms with Gasteiger partial charge in [-0.15, -0.1) is 0 Å². The molecule has 2 aliphatic rings. The molecule has 0 aromatic heterocycles. The quantitative estimate of drug-likeness (QED) is 0.746. The number of hydrogen-bond acceptors (Lipinski definition) is 2. The van der Waals surface area contributed by atoms with Crippen LogP contribution in [0.3, 0.4) is 0 Å². The van der Waals surface area contributed by atoms with Crippen LogP contribution in [-0.2, 0) is 0 Å². The molecule has 4 heteroatoms. The van der Waals surface area contributed by atoms with E-state index in [1.54, 1.807) is 0 Å². The normalized spacial score (nSPS) is 33.2. The molecule has 2 amide bonds. The molecule has 98 valence electrons. The Balaban J connectivity index is 2.09. The van der Waals surface area contributed by atoms with Crippen LogP contribution >= 0.6 is 11.8 Å². The molecule has 3 unspecified atom stereocenters. The molecule has 2 heterocycles. The second kappa shape index (κ2) is 4.08. The molecule has 2 saturated heterocycles. The minimum Gasteiger partial charge on any atom is -0.332 e. The van der Waals surface area contributed by atoms with E-state index < -0.39 is 0 Å². The number of fused-ring (bicyclic) bond motifs is 1. The lowest BCUT2D eigenvalue weighted by atomic mass is 9.72. The number of rotatable bonds is 2. The molecule has 2 N–H and O–H groups in total. The molecule has 0 aromatic carbocycles. The van der Waals surface area contributed by atoms with Crippen molar-refractivity contribution < 1.29 is 4.79 Å². The highest BCUT2D eigenvalue weighted by Crippen LogP contribution is 2.46. The molecule has 0 radical (unpaired) electrons. The number of nitrogens with one attached hydrogen (secondary N) is 2. The first-order valence-corrected chi connectivity index (χ1v) is 7.43. The van der Waals surface area contributed by atoms with Crippen molar-refractivity contribution in [1.29, 1.82) is 0 Å². The highest BCUT2D eigenvalue weighted by atomic mass is 32.2. The number of carbonyl (C=O) groups is 1. The first-order valence-electron chi connectivity index (χ1n) is 6.38. The number of hydrogen-bond donors (Lipinski definition) is 2. The Labute approximate surface area is 108 Å². The van der Waals surface area contributed by atoms with Gasteiger partial charge in [0.25, 0.3) is 0 Å². The van der Waals surface area contributed by atoms with Crippen LogP contribution in [0.4, 0.5) is 4.79 Å². The van der Waals surface area contributed by atoms with Gasteiger partial charge in [0, 0.05) is 11.0 Å². The van der Waals surface area contributed by atoms with Gasteiger partial charge < -0.3 is 10.6 Å². The zero-order chi connectivity index (χ0) is 12.8. The summed E-state index contributed by atoms with van der Waals surface area (Å²) in [6.45, 7) is 11.5. The van der Waals surface area contributed by atoms with Gasteiger partial charge in [0.15, 0.2) is 0 Å². The summed E-state index contributed by atoms with van der Waals surface area (Å²) in [5.74, 6) is 1.04. The van der Waals surface area contributed by atoms with E-state index in [2.05, 4.69) is 45.3 Å². The van der Waals surface area contributed by atoms with Gasteiger partial charge in [0.2, 0.25) is 0 Å². The molecule has 0 saturated carbocycles. The van der Waals surface area contributed by atoms with Gasteiger partial charge in [-0.3, -0.25) is 0 Å². The van der Waals surface area contributed by atoms with Crippen LogP contribution in [0.25, 0.3) is 0 Å². The number of urea groups is 1. The summed E-state index contributed by atoms with van der Waals surface area (Å²) in [5, 5.41) is 6.62. The third-order valence-electron chi connectivity index (χ3n) is 3.59. The highest BCUT2D eigenvalue weighted by molar-refractivity contribution is 8.00. The van der Waals surface area contributed by atoms with Crippen LogP contribution in [0.1, 0.15) is 41.0 Å².